The molecule has 1 fully saturated rings. The van der Waals surface area contributed by atoms with Crippen LogP contribution in [0.2, 0.25) is 0 Å². The van der Waals surface area contributed by atoms with Crippen molar-refractivity contribution < 1.29 is 9.53 Å². The summed E-state index contributed by atoms with van der Waals surface area (Å²) >= 11 is 1.83. The first-order valence-corrected chi connectivity index (χ1v) is 9.15. The van der Waals surface area contributed by atoms with Crippen LogP contribution in [0.25, 0.3) is 0 Å². The highest BCUT2D eigenvalue weighted by atomic mass is 32.1. The fourth-order valence-electron chi connectivity index (χ4n) is 2.80. The Kier molecular flexibility index (Phi) is 7.36. The molecule has 124 valence electrons. The maximum absolute atomic E-state index is 12.2. The van der Waals surface area contributed by atoms with Crippen molar-refractivity contribution in [3.8, 4) is 0 Å². The highest BCUT2D eigenvalue weighted by molar-refractivity contribution is 7.11. The molecule has 1 aliphatic rings. The van der Waals surface area contributed by atoms with Crippen molar-refractivity contribution in [2.45, 2.75) is 51.6 Å². The molecule has 1 aromatic heterocycles. The molecule has 0 unspecified atom stereocenters. The number of likely N-dealkylation sites (tertiary alicyclic amines) is 1. The molecule has 5 heteroatoms. The van der Waals surface area contributed by atoms with Gasteiger partial charge in [-0.05, 0) is 57.7 Å². The Morgan fingerprint density at radius 2 is 2.14 bits per heavy atom. The Morgan fingerprint density at radius 1 is 1.36 bits per heavy atom. The molecule has 2 rings (SSSR count). The van der Waals surface area contributed by atoms with Crippen LogP contribution in [0.3, 0.4) is 0 Å². The topological polar surface area (TPSA) is 55.6 Å². The Balaban J connectivity index is 1.60. The number of aryl methyl sites for hydroxylation is 2. The summed E-state index contributed by atoms with van der Waals surface area (Å²) in [7, 11) is 0. The van der Waals surface area contributed by atoms with Crippen LogP contribution in [0.15, 0.2) is 12.1 Å². The van der Waals surface area contributed by atoms with Gasteiger partial charge in [-0.3, -0.25) is 4.79 Å². The van der Waals surface area contributed by atoms with Crippen LogP contribution in [-0.4, -0.2) is 43.2 Å². The minimum atomic E-state index is 0.300. The van der Waals surface area contributed by atoms with Crippen LogP contribution in [0.1, 0.15) is 41.9 Å². The maximum Gasteiger partial charge on any atom is 0.222 e. The monoisotopic (exact) mass is 324 g/mol. The molecule has 2 heterocycles. The minimum absolute atomic E-state index is 0.300. The number of ether oxygens (including phenoxy) is 1. The van der Waals surface area contributed by atoms with Gasteiger partial charge in [0.1, 0.15) is 0 Å². The first-order chi connectivity index (χ1) is 10.7. The normalized spacial score (nSPS) is 16.2. The number of nitrogens with zero attached hydrogens (tertiary/aromatic N) is 1. The second-order valence-electron chi connectivity index (χ2n) is 5.96. The number of rotatable bonds is 8. The fourth-order valence-corrected chi connectivity index (χ4v) is 3.73. The van der Waals surface area contributed by atoms with Gasteiger partial charge in [-0.1, -0.05) is 0 Å². The summed E-state index contributed by atoms with van der Waals surface area (Å²) in [4.78, 5) is 17.0. The van der Waals surface area contributed by atoms with E-state index in [4.69, 9.17) is 10.5 Å². The Labute approximate surface area is 137 Å². The third-order valence-electron chi connectivity index (χ3n) is 4.11. The van der Waals surface area contributed by atoms with E-state index in [2.05, 4.69) is 19.1 Å². The summed E-state index contributed by atoms with van der Waals surface area (Å²) < 4.78 is 5.78. The van der Waals surface area contributed by atoms with Crippen molar-refractivity contribution in [3.05, 3.63) is 21.9 Å². The van der Waals surface area contributed by atoms with Gasteiger partial charge < -0.3 is 15.4 Å². The van der Waals surface area contributed by atoms with Gasteiger partial charge in [-0.2, -0.15) is 0 Å². The quantitative estimate of drug-likeness (QED) is 0.748. The third kappa shape index (κ3) is 5.71. The SMILES string of the molecule is Cc1ccc(CCCC(=O)N2CCC(OCCCN)CC2)s1. The molecule has 0 atom stereocenters. The van der Waals surface area contributed by atoms with Gasteiger partial charge in [-0.25, -0.2) is 0 Å². The number of nitrogens with two attached hydrogens (primary N) is 1. The summed E-state index contributed by atoms with van der Waals surface area (Å²) in [5.41, 5.74) is 5.46. The summed E-state index contributed by atoms with van der Waals surface area (Å²) in [6.07, 6.45) is 5.77. The highest BCUT2D eigenvalue weighted by Crippen LogP contribution is 2.19. The molecule has 0 saturated carbocycles. The van der Waals surface area contributed by atoms with Gasteiger partial charge in [0.25, 0.3) is 0 Å². The molecule has 4 nitrogen and oxygen atoms in total. The lowest BCUT2D eigenvalue weighted by molar-refractivity contribution is -0.133. The molecule has 1 aliphatic heterocycles. The second kappa shape index (κ2) is 9.28. The van der Waals surface area contributed by atoms with Crippen LogP contribution >= 0.6 is 11.3 Å². The van der Waals surface area contributed by atoms with Crippen molar-refractivity contribution in [2.24, 2.45) is 5.73 Å². The first kappa shape index (κ1) is 17.4. The number of hydrogen-bond acceptors (Lipinski definition) is 4. The van der Waals surface area contributed by atoms with Gasteiger partial charge >= 0.3 is 0 Å². The summed E-state index contributed by atoms with van der Waals surface area (Å²) in [5.74, 6) is 0.300. The van der Waals surface area contributed by atoms with E-state index >= 15 is 0 Å². The highest BCUT2D eigenvalue weighted by Gasteiger charge is 2.22. The van der Waals surface area contributed by atoms with E-state index in [1.54, 1.807) is 0 Å². The third-order valence-corrected chi connectivity index (χ3v) is 5.17. The van der Waals surface area contributed by atoms with Crippen LogP contribution in [-0.2, 0) is 16.0 Å². The van der Waals surface area contributed by atoms with E-state index in [0.717, 1.165) is 51.8 Å². The minimum Gasteiger partial charge on any atom is -0.378 e. The van der Waals surface area contributed by atoms with E-state index in [1.807, 2.05) is 16.2 Å². The largest absolute Gasteiger partial charge is 0.378 e. The number of carbonyl (C=O) groups is 1. The molecule has 0 spiro atoms. The predicted octanol–water partition coefficient (Wildman–Crippen LogP) is 2.74. The van der Waals surface area contributed by atoms with Gasteiger partial charge in [0, 0.05) is 35.9 Å². The number of amides is 1. The Morgan fingerprint density at radius 3 is 2.77 bits per heavy atom. The molecular weight excluding hydrogens is 296 g/mol. The average Bonchev–Trinajstić information content (AvgIpc) is 2.93. The van der Waals surface area contributed by atoms with Crippen molar-refractivity contribution in [3.63, 3.8) is 0 Å². The fraction of sp³-hybridized carbons (Fsp3) is 0.706. The van der Waals surface area contributed by atoms with Gasteiger partial charge in [0.2, 0.25) is 5.91 Å². The first-order valence-electron chi connectivity index (χ1n) is 8.34. The van der Waals surface area contributed by atoms with Crippen molar-refractivity contribution >= 4 is 17.2 Å². The summed E-state index contributed by atoms with van der Waals surface area (Å²) in [6.45, 7) is 5.23. The van der Waals surface area contributed by atoms with E-state index in [0.29, 0.717) is 25.0 Å². The lowest BCUT2D eigenvalue weighted by Gasteiger charge is -2.32. The lowest BCUT2D eigenvalue weighted by Crippen LogP contribution is -2.41. The molecule has 2 N–H and O–H groups in total. The van der Waals surface area contributed by atoms with Crippen LogP contribution in [0.4, 0.5) is 0 Å². The molecule has 1 aromatic rings. The van der Waals surface area contributed by atoms with Gasteiger partial charge in [0.05, 0.1) is 6.10 Å². The maximum atomic E-state index is 12.2. The number of carbonyl (C=O) groups excluding carboxylic acids is 1. The molecular formula is C17H28N2O2S. The molecule has 0 bridgehead atoms. The van der Waals surface area contributed by atoms with Crippen molar-refractivity contribution in [1.82, 2.24) is 4.90 Å². The zero-order valence-electron chi connectivity index (χ0n) is 13.6. The molecule has 0 aromatic carbocycles. The number of hydrogen-bond donors (Lipinski definition) is 1. The standard InChI is InChI=1S/C17H28N2O2S/c1-14-6-7-16(22-14)4-2-5-17(20)19-11-8-15(9-12-19)21-13-3-10-18/h6-7,15H,2-5,8-13,18H2,1H3. The number of piperidine rings is 1. The number of thiophene rings is 1. The van der Waals surface area contributed by atoms with E-state index in [9.17, 15) is 4.79 Å². The van der Waals surface area contributed by atoms with E-state index < -0.39 is 0 Å². The Hall–Kier alpha value is -0.910. The lowest BCUT2D eigenvalue weighted by atomic mass is 10.1. The predicted molar refractivity (Wildman–Crippen MR) is 91.2 cm³/mol. The van der Waals surface area contributed by atoms with Gasteiger partial charge in [0.15, 0.2) is 0 Å². The Bertz CT molecular complexity index is 453. The van der Waals surface area contributed by atoms with Crippen molar-refractivity contribution in [1.29, 1.82) is 0 Å². The van der Waals surface area contributed by atoms with Gasteiger partial charge in [-0.15, -0.1) is 11.3 Å². The second-order valence-corrected chi connectivity index (χ2v) is 7.33. The smallest absolute Gasteiger partial charge is 0.222 e. The molecule has 22 heavy (non-hydrogen) atoms. The molecule has 1 saturated heterocycles. The molecule has 0 radical (unpaired) electrons. The summed E-state index contributed by atoms with van der Waals surface area (Å²) in [6, 6.07) is 4.33. The van der Waals surface area contributed by atoms with Crippen molar-refractivity contribution in [2.75, 3.05) is 26.2 Å². The van der Waals surface area contributed by atoms with Crippen LogP contribution in [0.5, 0.6) is 0 Å². The molecule has 0 aliphatic carbocycles. The summed E-state index contributed by atoms with van der Waals surface area (Å²) in [5, 5.41) is 0. The zero-order valence-corrected chi connectivity index (χ0v) is 14.4. The zero-order chi connectivity index (χ0) is 15.8. The van der Waals surface area contributed by atoms with E-state index in [-0.39, 0.29) is 0 Å². The van der Waals surface area contributed by atoms with Crippen LogP contribution < -0.4 is 5.73 Å². The van der Waals surface area contributed by atoms with E-state index in [1.165, 1.54) is 9.75 Å². The van der Waals surface area contributed by atoms with Crippen LogP contribution in [0, 0.1) is 6.92 Å². The molecule has 1 amide bonds. The average molecular weight is 324 g/mol.